The number of hydrogen-bond acceptors (Lipinski definition) is 2. The van der Waals surface area contributed by atoms with Crippen molar-refractivity contribution >= 4 is 10.2 Å². The SMILES string of the molecule is CC#CCCNS(=O)(=O)N1CCCCCC1. The molecule has 0 aromatic heterocycles. The zero-order valence-corrected chi connectivity index (χ0v) is 10.6. The minimum Gasteiger partial charge on any atom is -0.201 e. The topological polar surface area (TPSA) is 49.4 Å². The highest BCUT2D eigenvalue weighted by Gasteiger charge is 2.21. The van der Waals surface area contributed by atoms with Crippen LogP contribution in [0.4, 0.5) is 0 Å². The first kappa shape index (κ1) is 13.5. The maximum Gasteiger partial charge on any atom is 0.279 e. The lowest BCUT2D eigenvalue weighted by atomic mass is 10.2. The lowest BCUT2D eigenvalue weighted by Crippen LogP contribution is -2.41. The van der Waals surface area contributed by atoms with Gasteiger partial charge < -0.3 is 0 Å². The van der Waals surface area contributed by atoms with Gasteiger partial charge in [0, 0.05) is 26.1 Å². The molecule has 4 nitrogen and oxygen atoms in total. The number of nitrogens with one attached hydrogen (secondary N) is 1. The standard InChI is InChI=1S/C11H20N2O2S/c1-2-3-6-9-12-16(14,15)13-10-7-4-5-8-11-13/h12H,4-11H2,1H3. The van der Waals surface area contributed by atoms with Crippen LogP contribution in [0.25, 0.3) is 0 Å². The van der Waals surface area contributed by atoms with E-state index in [-0.39, 0.29) is 0 Å². The molecule has 16 heavy (non-hydrogen) atoms. The fourth-order valence-corrected chi connectivity index (χ4v) is 3.02. The van der Waals surface area contributed by atoms with Gasteiger partial charge in [0.2, 0.25) is 0 Å². The van der Waals surface area contributed by atoms with Crippen molar-refractivity contribution in [3.8, 4) is 11.8 Å². The van der Waals surface area contributed by atoms with Gasteiger partial charge in [0.25, 0.3) is 10.2 Å². The van der Waals surface area contributed by atoms with Gasteiger partial charge in [-0.1, -0.05) is 12.8 Å². The Morgan fingerprint density at radius 3 is 2.38 bits per heavy atom. The molecule has 0 unspecified atom stereocenters. The number of rotatable bonds is 4. The molecule has 92 valence electrons. The normalized spacial score (nSPS) is 18.6. The van der Waals surface area contributed by atoms with Crippen LogP contribution in [0.1, 0.15) is 39.0 Å². The number of hydrogen-bond donors (Lipinski definition) is 1. The summed E-state index contributed by atoms with van der Waals surface area (Å²) < 4.78 is 27.9. The Kier molecular flexibility index (Phi) is 5.81. The molecule has 1 fully saturated rings. The first-order chi connectivity index (χ1) is 7.67. The Hall–Kier alpha value is -0.570. The van der Waals surface area contributed by atoms with Crippen LogP contribution >= 0.6 is 0 Å². The van der Waals surface area contributed by atoms with E-state index in [1.54, 1.807) is 11.2 Å². The van der Waals surface area contributed by atoms with E-state index in [1.165, 1.54) is 0 Å². The first-order valence-corrected chi connectivity index (χ1v) is 7.25. The minimum absolute atomic E-state index is 0.402. The molecule has 0 atom stereocenters. The molecule has 1 heterocycles. The molecule has 1 rings (SSSR count). The molecule has 5 heteroatoms. The van der Waals surface area contributed by atoms with Crippen LogP contribution in [-0.2, 0) is 10.2 Å². The van der Waals surface area contributed by atoms with E-state index >= 15 is 0 Å². The molecule has 0 saturated carbocycles. The first-order valence-electron chi connectivity index (χ1n) is 5.81. The summed E-state index contributed by atoms with van der Waals surface area (Å²) in [5.41, 5.74) is 0. The second-order valence-corrected chi connectivity index (χ2v) is 5.64. The Morgan fingerprint density at radius 2 is 1.81 bits per heavy atom. The lowest BCUT2D eigenvalue weighted by molar-refractivity contribution is 0.415. The Labute approximate surface area is 98.6 Å². The summed E-state index contributed by atoms with van der Waals surface area (Å²) >= 11 is 0. The zero-order valence-electron chi connectivity index (χ0n) is 9.83. The highest BCUT2D eigenvalue weighted by molar-refractivity contribution is 7.87. The van der Waals surface area contributed by atoms with E-state index in [0.717, 1.165) is 25.7 Å². The summed E-state index contributed by atoms with van der Waals surface area (Å²) in [6, 6.07) is 0. The predicted molar refractivity (Wildman–Crippen MR) is 65.0 cm³/mol. The summed E-state index contributed by atoms with van der Waals surface area (Å²) in [6.07, 6.45) is 4.77. The average Bonchev–Trinajstić information content (AvgIpc) is 2.53. The Bertz CT molecular complexity index is 346. The molecule has 1 saturated heterocycles. The highest BCUT2D eigenvalue weighted by atomic mass is 32.2. The second-order valence-electron chi connectivity index (χ2n) is 3.89. The average molecular weight is 244 g/mol. The smallest absolute Gasteiger partial charge is 0.201 e. The molecule has 1 aliphatic rings. The van der Waals surface area contributed by atoms with Crippen molar-refractivity contribution in [2.75, 3.05) is 19.6 Å². The number of nitrogens with zero attached hydrogens (tertiary/aromatic N) is 1. The van der Waals surface area contributed by atoms with Gasteiger partial charge in [-0.05, 0) is 19.8 Å². The molecule has 0 aromatic rings. The van der Waals surface area contributed by atoms with Crippen LogP contribution in [0.5, 0.6) is 0 Å². The van der Waals surface area contributed by atoms with Crippen LogP contribution in [0.3, 0.4) is 0 Å². The van der Waals surface area contributed by atoms with Gasteiger partial charge in [-0.25, -0.2) is 4.72 Å². The van der Waals surface area contributed by atoms with Gasteiger partial charge in [0.05, 0.1) is 0 Å². The van der Waals surface area contributed by atoms with Crippen LogP contribution < -0.4 is 4.72 Å². The second kappa shape index (κ2) is 6.89. The Balaban J connectivity index is 2.43. The van der Waals surface area contributed by atoms with Crippen molar-refractivity contribution < 1.29 is 8.42 Å². The van der Waals surface area contributed by atoms with E-state index in [0.29, 0.717) is 26.1 Å². The van der Waals surface area contributed by atoms with Gasteiger partial charge >= 0.3 is 0 Å². The Morgan fingerprint density at radius 1 is 1.19 bits per heavy atom. The van der Waals surface area contributed by atoms with E-state index in [9.17, 15) is 8.42 Å². The van der Waals surface area contributed by atoms with Gasteiger partial charge in [-0.15, -0.1) is 11.8 Å². The summed E-state index contributed by atoms with van der Waals surface area (Å²) in [5.74, 6) is 5.59. The molecule has 0 spiro atoms. The maximum atomic E-state index is 11.9. The summed E-state index contributed by atoms with van der Waals surface area (Å²) in [5, 5.41) is 0. The van der Waals surface area contributed by atoms with Crippen LogP contribution in [-0.4, -0.2) is 32.4 Å². The molecule has 1 aliphatic heterocycles. The summed E-state index contributed by atoms with van der Waals surface area (Å²) in [7, 11) is -3.27. The van der Waals surface area contributed by atoms with Crippen molar-refractivity contribution in [1.29, 1.82) is 0 Å². The molecule has 0 aliphatic carbocycles. The molecule has 1 N–H and O–H groups in total. The van der Waals surface area contributed by atoms with E-state index in [1.807, 2.05) is 0 Å². The van der Waals surface area contributed by atoms with Crippen LogP contribution in [0, 0.1) is 11.8 Å². The van der Waals surface area contributed by atoms with E-state index in [2.05, 4.69) is 16.6 Å². The molecule has 0 amide bonds. The van der Waals surface area contributed by atoms with Crippen molar-refractivity contribution in [2.45, 2.75) is 39.0 Å². The third kappa shape index (κ3) is 4.52. The molecule has 0 bridgehead atoms. The van der Waals surface area contributed by atoms with Crippen molar-refractivity contribution in [1.82, 2.24) is 9.03 Å². The molecular weight excluding hydrogens is 224 g/mol. The monoisotopic (exact) mass is 244 g/mol. The van der Waals surface area contributed by atoms with Gasteiger partial charge in [0.1, 0.15) is 0 Å². The van der Waals surface area contributed by atoms with E-state index < -0.39 is 10.2 Å². The third-order valence-corrected chi connectivity index (χ3v) is 4.23. The largest absolute Gasteiger partial charge is 0.279 e. The highest BCUT2D eigenvalue weighted by Crippen LogP contribution is 2.12. The molecular formula is C11H20N2O2S. The van der Waals surface area contributed by atoms with Crippen molar-refractivity contribution in [3.05, 3.63) is 0 Å². The minimum atomic E-state index is -3.27. The predicted octanol–water partition coefficient (Wildman–Crippen LogP) is 1.11. The quantitative estimate of drug-likeness (QED) is 0.595. The zero-order chi connectivity index (χ0) is 11.9. The molecule has 0 aromatic carbocycles. The van der Waals surface area contributed by atoms with Crippen molar-refractivity contribution in [2.24, 2.45) is 0 Å². The van der Waals surface area contributed by atoms with Gasteiger partial charge in [0.15, 0.2) is 0 Å². The third-order valence-electron chi connectivity index (χ3n) is 2.62. The van der Waals surface area contributed by atoms with Crippen LogP contribution in [0.15, 0.2) is 0 Å². The van der Waals surface area contributed by atoms with Crippen molar-refractivity contribution in [3.63, 3.8) is 0 Å². The van der Waals surface area contributed by atoms with Gasteiger partial charge in [-0.2, -0.15) is 12.7 Å². The van der Waals surface area contributed by atoms with Crippen LogP contribution in [0.2, 0.25) is 0 Å². The fraction of sp³-hybridized carbons (Fsp3) is 0.818. The summed E-state index contributed by atoms with van der Waals surface area (Å²) in [4.78, 5) is 0. The maximum absolute atomic E-state index is 11.9. The lowest BCUT2D eigenvalue weighted by Gasteiger charge is -2.19. The fourth-order valence-electron chi connectivity index (χ4n) is 1.74. The van der Waals surface area contributed by atoms with Gasteiger partial charge in [-0.3, -0.25) is 0 Å². The molecule has 0 radical (unpaired) electrons. The summed E-state index contributed by atoms with van der Waals surface area (Å²) in [6.45, 7) is 3.45. The van der Waals surface area contributed by atoms with E-state index in [4.69, 9.17) is 0 Å².